The Hall–Kier alpha value is -1.94. The number of rotatable bonds is 5. The molecule has 0 radical (unpaired) electrons. The third-order valence-corrected chi connectivity index (χ3v) is 3.26. The lowest BCUT2D eigenvalue weighted by Crippen LogP contribution is -2.23. The van der Waals surface area contributed by atoms with Gasteiger partial charge in [0.25, 0.3) is 0 Å². The van der Waals surface area contributed by atoms with Gasteiger partial charge in [0.05, 0.1) is 0 Å². The summed E-state index contributed by atoms with van der Waals surface area (Å²) in [5, 5.41) is 0. The van der Waals surface area contributed by atoms with Crippen LogP contribution in [0.15, 0.2) is 48.5 Å². The van der Waals surface area contributed by atoms with E-state index in [1.807, 2.05) is 19.1 Å². The SMILES string of the molecule is Cc1ccc(OCC(F)(F)c2ccccc2)c([C@H](C)N)c1. The lowest BCUT2D eigenvalue weighted by Gasteiger charge is -2.20. The molecule has 1 atom stereocenters. The zero-order chi connectivity index (χ0) is 15.5. The molecule has 0 unspecified atom stereocenters. The Morgan fingerprint density at radius 3 is 2.43 bits per heavy atom. The molecule has 0 bridgehead atoms. The number of ether oxygens (including phenoxy) is 1. The molecule has 0 aliphatic rings. The van der Waals surface area contributed by atoms with E-state index in [1.54, 1.807) is 31.2 Å². The predicted molar refractivity (Wildman–Crippen MR) is 79.6 cm³/mol. The highest BCUT2D eigenvalue weighted by Crippen LogP contribution is 2.31. The van der Waals surface area contributed by atoms with Gasteiger partial charge in [-0.1, -0.05) is 48.0 Å². The van der Waals surface area contributed by atoms with Crippen LogP contribution in [0.25, 0.3) is 0 Å². The van der Waals surface area contributed by atoms with Gasteiger partial charge in [0.15, 0.2) is 6.61 Å². The van der Waals surface area contributed by atoms with Crippen LogP contribution in [0.3, 0.4) is 0 Å². The molecule has 0 fully saturated rings. The zero-order valence-corrected chi connectivity index (χ0v) is 12.1. The summed E-state index contributed by atoms with van der Waals surface area (Å²) < 4.78 is 33.5. The van der Waals surface area contributed by atoms with Crippen LogP contribution >= 0.6 is 0 Å². The number of halogens is 2. The van der Waals surface area contributed by atoms with E-state index in [1.165, 1.54) is 12.1 Å². The van der Waals surface area contributed by atoms with E-state index in [4.69, 9.17) is 10.5 Å². The first-order valence-electron chi connectivity index (χ1n) is 6.82. The van der Waals surface area contributed by atoms with Crippen molar-refractivity contribution >= 4 is 0 Å². The first-order valence-corrected chi connectivity index (χ1v) is 6.82. The Labute approximate surface area is 123 Å². The molecule has 21 heavy (non-hydrogen) atoms. The van der Waals surface area contributed by atoms with Crippen molar-refractivity contribution in [2.45, 2.75) is 25.8 Å². The monoisotopic (exact) mass is 291 g/mol. The minimum absolute atomic E-state index is 0.0561. The smallest absolute Gasteiger partial charge is 0.306 e. The van der Waals surface area contributed by atoms with E-state index in [0.717, 1.165) is 11.1 Å². The van der Waals surface area contributed by atoms with Crippen molar-refractivity contribution in [1.82, 2.24) is 0 Å². The summed E-state index contributed by atoms with van der Waals surface area (Å²) >= 11 is 0. The van der Waals surface area contributed by atoms with Crippen LogP contribution in [0.2, 0.25) is 0 Å². The second-order valence-corrected chi connectivity index (χ2v) is 5.19. The zero-order valence-electron chi connectivity index (χ0n) is 12.1. The summed E-state index contributed by atoms with van der Waals surface area (Å²) in [6, 6.07) is 12.8. The molecule has 0 saturated carbocycles. The second-order valence-electron chi connectivity index (χ2n) is 5.19. The van der Waals surface area contributed by atoms with Gasteiger partial charge in [0.1, 0.15) is 5.75 Å². The maximum Gasteiger partial charge on any atom is 0.306 e. The summed E-state index contributed by atoms with van der Waals surface area (Å²) in [5.74, 6) is -2.63. The van der Waals surface area contributed by atoms with Crippen LogP contribution < -0.4 is 10.5 Å². The quantitative estimate of drug-likeness (QED) is 0.896. The minimum Gasteiger partial charge on any atom is -0.487 e. The van der Waals surface area contributed by atoms with Crippen LogP contribution in [0.1, 0.15) is 29.7 Å². The number of alkyl halides is 2. The van der Waals surface area contributed by atoms with E-state index < -0.39 is 12.5 Å². The van der Waals surface area contributed by atoms with E-state index in [-0.39, 0.29) is 11.6 Å². The molecule has 0 aliphatic heterocycles. The fraction of sp³-hybridized carbons (Fsp3) is 0.294. The van der Waals surface area contributed by atoms with Gasteiger partial charge in [-0.25, -0.2) is 0 Å². The third-order valence-electron chi connectivity index (χ3n) is 3.26. The first kappa shape index (κ1) is 15.4. The van der Waals surface area contributed by atoms with Gasteiger partial charge in [-0.15, -0.1) is 0 Å². The molecule has 0 aromatic heterocycles. The van der Waals surface area contributed by atoms with Gasteiger partial charge in [-0.2, -0.15) is 8.78 Å². The van der Waals surface area contributed by atoms with E-state index in [9.17, 15) is 8.78 Å². The average molecular weight is 291 g/mol. The largest absolute Gasteiger partial charge is 0.487 e. The molecule has 0 saturated heterocycles. The van der Waals surface area contributed by atoms with Gasteiger partial charge >= 0.3 is 5.92 Å². The van der Waals surface area contributed by atoms with Crippen molar-refractivity contribution in [2.24, 2.45) is 5.73 Å². The topological polar surface area (TPSA) is 35.2 Å². The van der Waals surface area contributed by atoms with Crippen LogP contribution in [0, 0.1) is 6.92 Å². The summed E-state index contributed by atoms with van der Waals surface area (Å²) in [4.78, 5) is 0. The normalized spacial score (nSPS) is 13.0. The van der Waals surface area contributed by atoms with Crippen molar-refractivity contribution in [3.05, 3.63) is 65.2 Å². The van der Waals surface area contributed by atoms with Gasteiger partial charge in [-0.3, -0.25) is 0 Å². The summed E-state index contributed by atoms with van der Waals surface area (Å²) in [7, 11) is 0. The molecule has 0 spiro atoms. The lowest BCUT2D eigenvalue weighted by atomic mass is 10.0. The van der Waals surface area contributed by atoms with Crippen LogP contribution in [-0.4, -0.2) is 6.61 Å². The number of hydrogen-bond acceptors (Lipinski definition) is 2. The van der Waals surface area contributed by atoms with Crippen LogP contribution in [0.4, 0.5) is 8.78 Å². The van der Waals surface area contributed by atoms with Crippen LogP contribution in [-0.2, 0) is 5.92 Å². The maximum absolute atomic E-state index is 14.1. The lowest BCUT2D eigenvalue weighted by molar-refractivity contribution is -0.0470. The Kier molecular flexibility index (Phi) is 4.58. The molecule has 2 aromatic carbocycles. The highest BCUT2D eigenvalue weighted by atomic mass is 19.3. The van der Waals surface area contributed by atoms with Crippen molar-refractivity contribution in [2.75, 3.05) is 6.61 Å². The Balaban J connectivity index is 2.16. The van der Waals surface area contributed by atoms with E-state index in [2.05, 4.69) is 0 Å². The van der Waals surface area contributed by atoms with Crippen molar-refractivity contribution in [1.29, 1.82) is 0 Å². The predicted octanol–water partition coefficient (Wildman–Crippen LogP) is 4.19. The standard InChI is InChI=1S/C17H19F2NO/c1-12-8-9-16(15(10-12)13(2)20)21-11-17(18,19)14-6-4-3-5-7-14/h3-10,13H,11,20H2,1-2H3/t13-/m0/s1. The minimum atomic E-state index is -3.04. The molecule has 0 heterocycles. The fourth-order valence-corrected chi connectivity index (χ4v) is 2.09. The Bertz CT molecular complexity index is 597. The molecule has 2 rings (SSSR count). The fourth-order valence-electron chi connectivity index (χ4n) is 2.09. The summed E-state index contributed by atoms with van der Waals surface area (Å²) in [6.45, 7) is 3.02. The Morgan fingerprint density at radius 2 is 1.81 bits per heavy atom. The molecular formula is C17H19F2NO. The van der Waals surface area contributed by atoms with Crippen LogP contribution in [0.5, 0.6) is 5.75 Å². The highest BCUT2D eigenvalue weighted by molar-refractivity contribution is 5.39. The Morgan fingerprint density at radius 1 is 1.14 bits per heavy atom. The number of benzene rings is 2. The van der Waals surface area contributed by atoms with E-state index >= 15 is 0 Å². The van der Waals surface area contributed by atoms with Gasteiger partial charge in [0, 0.05) is 17.2 Å². The second kappa shape index (κ2) is 6.22. The molecule has 4 heteroatoms. The van der Waals surface area contributed by atoms with Gasteiger partial charge in [0.2, 0.25) is 0 Å². The van der Waals surface area contributed by atoms with Crippen molar-refractivity contribution in [3.63, 3.8) is 0 Å². The molecular weight excluding hydrogens is 272 g/mol. The molecule has 0 aliphatic carbocycles. The highest BCUT2D eigenvalue weighted by Gasteiger charge is 2.32. The molecule has 0 amide bonds. The number of aryl methyl sites for hydroxylation is 1. The average Bonchev–Trinajstić information content (AvgIpc) is 2.47. The van der Waals surface area contributed by atoms with Crippen molar-refractivity contribution < 1.29 is 13.5 Å². The molecule has 2 aromatic rings. The molecule has 2 nitrogen and oxygen atoms in total. The van der Waals surface area contributed by atoms with E-state index in [0.29, 0.717) is 5.75 Å². The molecule has 112 valence electrons. The van der Waals surface area contributed by atoms with Gasteiger partial charge < -0.3 is 10.5 Å². The molecule has 2 N–H and O–H groups in total. The maximum atomic E-state index is 14.1. The van der Waals surface area contributed by atoms with Crippen molar-refractivity contribution in [3.8, 4) is 5.75 Å². The number of hydrogen-bond donors (Lipinski definition) is 1. The summed E-state index contributed by atoms with van der Waals surface area (Å²) in [5.41, 5.74) is 7.56. The third kappa shape index (κ3) is 3.79. The van der Waals surface area contributed by atoms with Gasteiger partial charge in [-0.05, 0) is 19.9 Å². The number of nitrogens with two attached hydrogens (primary N) is 1. The summed E-state index contributed by atoms with van der Waals surface area (Å²) in [6.07, 6.45) is 0. The first-order chi connectivity index (χ1) is 9.90.